The van der Waals surface area contributed by atoms with E-state index in [2.05, 4.69) is 15.0 Å². The number of carbonyl (C=O) groups is 1. The number of carbonyl (C=O) groups excluding carboxylic acids is 1. The van der Waals surface area contributed by atoms with E-state index in [9.17, 15) is 4.79 Å². The summed E-state index contributed by atoms with van der Waals surface area (Å²) in [6.45, 7) is 1.93. The lowest BCUT2D eigenvalue weighted by atomic mass is 10.4. The Bertz CT molecular complexity index is 275. The van der Waals surface area contributed by atoms with Crippen LogP contribution in [0.3, 0.4) is 0 Å². The lowest BCUT2D eigenvalue weighted by molar-refractivity contribution is 0.0510. The van der Waals surface area contributed by atoms with Gasteiger partial charge in [0, 0.05) is 7.05 Å². The number of aryl methyl sites for hydroxylation is 1. The lowest BCUT2D eigenvalue weighted by Gasteiger charge is -1.99. The number of aromatic nitrogens is 3. The predicted molar refractivity (Wildman–Crippen MR) is 38.6 cm³/mol. The average Bonchev–Trinajstić information content (AvgIpc) is 2.32. The molecule has 6 nitrogen and oxygen atoms in total. The molecule has 0 aliphatic carbocycles. The smallest absolute Gasteiger partial charge is 0.362 e. The number of hydrogen-bond acceptors (Lipinski definition) is 5. The molecule has 0 saturated carbocycles. The number of nitrogens with zero attached hydrogens (tertiary/aromatic N) is 3. The highest BCUT2D eigenvalue weighted by Gasteiger charge is 2.18. The first kappa shape index (κ1) is 8.51. The Kier molecular flexibility index (Phi) is 2.27. The van der Waals surface area contributed by atoms with E-state index < -0.39 is 11.8 Å². The van der Waals surface area contributed by atoms with Gasteiger partial charge in [0.25, 0.3) is 5.88 Å². The molecule has 0 aromatic carbocycles. The molecule has 12 heavy (non-hydrogen) atoms. The van der Waals surface area contributed by atoms with E-state index in [-0.39, 0.29) is 12.3 Å². The monoisotopic (exact) mass is 171 g/mol. The minimum Gasteiger partial charge on any atom is -0.490 e. The molecule has 0 radical (unpaired) electrons. The molecule has 0 unspecified atom stereocenters. The molecular weight excluding hydrogens is 162 g/mol. The van der Waals surface area contributed by atoms with Gasteiger partial charge in [0.15, 0.2) is 0 Å². The zero-order valence-electron chi connectivity index (χ0n) is 6.81. The quantitative estimate of drug-likeness (QED) is 0.618. The van der Waals surface area contributed by atoms with E-state index >= 15 is 0 Å². The molecular formula is C6H9N3O3. The maximum Gasteiger partial charge on any atom is 0.362 e. The number of ether oxygens (including phenoxy) is 1. The molecule has 6 heteroatoms. The van der Waals surface area contributed by atoms with Gasteiger partial charge in [-0.25, -0.2) is 9.48 Å². The first-order valence-electron chi connectivity index (χ1n) is 3.42. The van der Waals surface area contributed by atoms with Crippen LogP contribution in [0.5, 0.6) is 5.88 Å². The van der Waals surface area contributed by atoms with E-state index in [1.54, 1.807) is 6.92 Å². The fourth-order valence-electron chi connectivity index (χ4n) is 0.769. The molecule has 1 aromatic heterocycles. The molecule has 0 amide bonds. The largest absolute Gasteiger partial charge is 0.490 e. The van der Waals surface area contributed by atoms with Crippen molar-refractivity contribution in [2.75, 3.05) is 6.61 Å². The minimum atomic E-state index is -0.623. The fourth-order valence-corrected chi connectivity index (χ4v) is 0.769. The third-order valence-electron chi connectivity index (χ3n) is 1.28. The van der Waals surface area contributed by atoms with Gasteiger partial charge >= 0.3 is 5.97 Å². The van der Waals surface area contributed by atoms with E-state index in [0.29, 0.717) is 0 Å². The third kappa shape index (κ3) is 1.36. The number of hydrogen-bond donors (Lipinski definition) is 1. The van der Waals surface area contributed by atoms with Crippen molar-refractivity contribution in [3.05, 3.63) is 5.69 Å². The Morgan fingerprint density at radius 3 is 2.83 bits per heavy atom. The Hall–Kier alpha value is -1.59. The lowest BCUT2D eigenvalue weighted by Crippen LogP contribution is -2.10. The van der Waals surface area contributed by atoms with E-state index in [4.69, 9.17) is 5.11 Å². The molecule has 1 aromatic rings. The second-order valence-corrected chi connectivity index (χ2v) is 2.11. The summed E-state index contributed by atoms with van der Waals surface area (Å²) in [4.78, 5) is 11.1. The van der Waals surface area contributed by atoms with Gasteiger partial charge in [-0.15, -0.1) is 0 Å². The summed E-state index contributed by atoms with van der Waals surface area (Å²) in [7, 11) is 1.50. The Balaban J connectivity index is 2.93. The summed E-state index contributed by atoms with van der Waals surface area (Å²) in [5.74, 6) is -1.03. The van der Waals surface area contributed by atoms with Gasteiger partial charge in [-0.05, 0) is 6.92 Å². The van der Waals surface area contributed by atoms with Crippen molar-refractivity contribution >= 4 is 5.97 Å². The summed E-state index contributed by atoms with van der Waals surface area (Å²) >= 11 is 0. The molecule has 0 aliphatic rings. The predicted octanol–water partition coefficient (Wildman–Crippen LogP) is -0.303. The van der Waals surface area contributed by atoms with Gasteiger partial charge in [0.1, 0.15) is 0 Å². The molecule has 1 heterocycles. The molecule has 66 valence electrons. The molecule has 0 bridgehead atoms. The zero-order valence-corrected chi connectivity index (χ0v) is 6.81. The first-order valence-corrected chi connectivity index (χ1v) is 3.42. The normalized spacial score (nSPS) is 9.83. The molecule has 0 fully saturated rings. The van der Waals surface area contributed by atoms with Gasteiger partial charge in [-0.1, -0.05) is 10.3 Å². The van der Waals surface area contributed by atoms with Gasteiger partial charge < -0.3 is 9.84 Å². The summed E-state index contributed by atoms with van der Waals surface area (Å²) in [6, 6.07) is 0. The van der Waals surface area contributed by atoms with Crippen LogP contribution in [-0.4, -0.2) is 32.7 Å². The van der Waals surface area contributed by atoms with Gasteiger partial charge in [0.05, 0.1) is 6.61 Å². The Morgan fingerprint density at radius 1 is 1.75 bits per heavy atom. The molecule has 0 spiro atoms. The highest BCUT2D eigenvalue weighted by molar-refractivity contribution is 5.89. The number of rotatable bonds is 2. The topological polar surface area (TPSA) is 77.2 Å². The summed E-state index contributed by atoms with van der Waals surface area (Å²) in [5.41, 5.74) is -0.0307. The van der Waals surface area contributed by atoms with Crippen LogP contribution in [0.15, 0.2) is 0 Å². The average molecular weight is 171 g/mol. The van der Waals surface area contributed by atoms with Crippen molar-refractivity contribution in [3.63, 3.8) is 0 Å². The van der Waals surface area contributed by atoms with Crippen molar-refractivity contribution in [2.45, 2.75) is 6.92 Å². The SMILES string of the molecule is CCOC(=O)c1c(O)nnn1C. The van der Waals surface area contributed by atoms with Crippen molar-refractivity contribution in [1.29, 1.82) is 0 Å². The molecule has 1 rings (SSSR count). The van der Waals surface area contributed by atoms with Crippen LogP contribution in [0.25, 0.3) is 0 Å². The van der Waals surface area contributed by atoms with Crippen molar-refractivity contribution in [3.8, 4) is 5.88 Å². The van der Waals surface area contributed by atoms with Crippen molar-refractivity contribution in [2.24, 2.45) is 7.05 Å². The fraction of sp³-hybridized carbons (Fsp3) is 0.500. The van der Waals surface area contributed by atoms with Crippen LogP contribution >= 0.6 is 0 Å². The van der Waals surface area contributed by atoms with E-state index in [1.165, 1.54) is 7.05 Å². The van der Waals surface area contributed by atoms with Crippen LogP contribution in [-0.2, 0) is 11.8 Å². The summed E-state index contributed by atoms with van der Waals surface area (Å²) in [5, 5.41) is 15.8. The molecule has 0 aliphatic heterocycles. The van der Waals surface area contributed by atoms with Crippen molar-refractivity contribution < 1.29 is 14.6 Å². The standard InChI is InChI=1S/C6H9N3O3/c1-3-12-6(11)4-5(10)7-8-9(4)2/h10H,3H2,1-2H3. The second kappa shape index (κ2) is 3.21. The van der Waals surface area contributed by atoms with E-state index in [0.717, 1.165) is 4.68 Å². The number of esters is 1. The summed E-state index contributed by atoms with van der Waals surface area (Å²) in [6.07, 6.45) is 0. The van der Waals surface area contributed by atoms with E-state index in [1.807, 2.05) is 0 Å². The first-order chi connectivity index (χ1) is 5.66. The highest BCUT2D eigenvalue weighted by atomic mass is 16.5. The van der Waals surface area contributed by atoms with Gasteiger partial charge in [-0.3, -0.25) is 0 Å². The van der Waals surface area contributed by atoms with Crippen molar-refractivity contribution in [1.82, 2.24) is 15.0 Å². The number of aromatic hydroxyl groups is 1. The maximum absolute atomic E-state index is 11.1. The Morgan fingerprint density at radius 2 is 2.42 bits per heavy atom. The molecule has 0 atom stereocenters. The van der Waals surface area contributed by atoms with Gasteiger partial charge in [0.2, 0.25) is 5.69 Å². The van der Waals surface area contributed by atoms with Crippen LogP contribution in [0.1, 0.15) is 17.4 Å². The minimum absolute atomic E-state index is 0.0307. The second-order valence-electron chi connectivity index (χ2n) is 2.11. The Labute approximate surface area is 68.8 Å². The molecule has 0 saturated heterocycles. The van der Waals surface area contributed by atoms with Crippen LogP contribution in [0.4, 0.5) is 0 Å². The van der Waals surface area contributed by atoms with Gasteiger partial charge in [-0.2, -0.15) is 0 Å². The summed E-state index contributed by atoms with van der Waals surface area (Å²) < 4.78 is 5.81. The third-order valence-corrected chi connectivity index (χ3v) is 1.28. The maximum atomic E-state index is 11.1. The molecule has 1 N–H and O–H groups in total. The van der Waals surface area contributed by atoms with Crippen LogP contribution in [0.2, 0.25) is 0 Å². The van der Waals surface area contributed by atoms with Crippen LogP contribution in [0, 0.1) is 0 Å². The highest BCUT2D eigenvalue weighted by Crippen LogP contribution is 2.11. The van der Waals surface area contributed by atoms with Crippen LogP contribution < -0.4 is 0 Å². The zero-order chi connectivity index (χ0) is 9.14.